The van der Waals surface area contributed by atoms with Gasteiger partial charge in [0.05, 0.1) is 11.9 Å². The minimum Gasteiger partial charge on any atom is -0.397 e. The third-order valence-electron chi connectivity index (χ3n) is 2.60. The number of rotatable bonds is 6. The van der Waals surface area contributed by atoms with Gasteiger partial charge in [-0.25, -0.2) is 4.98 Å². The molecule has 0 unspecified atom stereocenters. The van der Waals surface area contributed by atoms with Crippen LogP contribution in [0.4, 0.5) is 11.5 Å². The van der Waals surface area contributed by atoms with Gasteiger partial charge in [-0.2, -0.15) is 0 Å². The number of anilines is 2. The molecule has 0 aliphatic rings. The lowest BCUT2D eigenvalue weighted by Gasteiger charge is -2.09. The number of nitrogens with zero attached hydrogens (tertiary/aromatic N) is 1. The number of hydrogen-bond acceptors (Lipinski definition) is 3. The van der Waals surface area contributed by atoms with E-state index in [1.807, 2.05) is 13.0 Å². The molecule has 90 valence electrons. The predicted molar refractivity (Wildman–Crippen MR) is 70.6 cm³/mol. The minimum absolute atomic E-state index is 0.725. The Balaban J connectivity index is 2.27. The molecule has 3 nitrogen and oxygen atoms in total. The van der Waals surface area contributed by atoms with Crippen LogP contribution in [-0.2, 0) is 0 Å². The molecular formula is C13H23N3. The van der Waals surface area contributed by atoms with Gasteiger partial charge in [-0.05, 0) is 30.9 Å². The molecule has 0 aliphatic carbocycles. The monoisotopic (exact) mass is 221 g/mol. The maximum atomic E-state index is 5.65. The van der Waals surface area contributed by atoms with Crippen molar-refractivity contribution in [2.24, 2.45) is 5.92 Å². The lowest BCUT2D eigenvalue weighted by Crippen LogP contribution is -2.05. The van der Waals surface area contributed by atoms with Crippen molar-refractivity contribution < 1.29 is 0 Å². The number of pyridine rings is 1. The standard InChI is InChI=1S/C13H23N3/c1-10(2)6-4-5-7-15-13-11(3)8-12(14)9-16-13/h8-10H,4-7,14H2,1-3H3,(H,15,16). The fraction of sp³-hybridized carbons (Fsp3) is 0.615. The first-order valence-electron chi connectivity index (χ1n) is 6.05. The molecule has 0 spiro atoms. The molecule has 0 aliphatic heterocycles. The average molecular weight is 221 g/mol. The average Bonchev–Trinajstić information content (AvgIpc) is 2.20. The SMILES string of the molecule is Cc1cc(N)cnc1NCCCCC(C)C. The molecule has 0 amide bonds. The number of aromatic nitrogens is 1. The van der Waals surface area contributed by atoms with Crippen LogP contribution in [0.3, 0.4) is 0 Å². The Bertz CT molecular complexity index is 321. The van der Waals surface area contributed by atoms with Crippen molar-refractivity contribution in [3.05, 3.63) is 17.8 Å². The van der Waals surface area contributed by atoms with Gasteiger partial charge >= 0.3 is 0 Å². The van der Waals surface area contributed by atoms with Gasteiger partial charge in [-0.1, -0.05) is 26.7 Å². The van der Waals surface area contributed by atoms with Crippen molar-refractivity contribution in [2.75, 3.05) is 17.6 Å². The minimum atomic E-state index is 0.725. The number of unbranched alkanes of at least 4 members (excludes halogenated alkanes) is 1. The number of aryl methyl sites for hydroxylation is 1. The van der Waals surface area contributed by atoms with Crippen molar-refractivity contribution in [1.82, 2.24) is 4.98 Å². The second kappa shape index (κ2) is 6.36. The Hall–Kier alpha value is -1.25. The van der Waals surface area contributed by atoms with E-state index in [0.717, 1.165) is 29.5 Å². The van der Waals surface area contributed by atoms with E-state index in [1.165, 1.54) is 19.3 Å². The van der Waals surface area contributed by atoms with E-state index in [9.17, 15) is 0 Å². The summed E-state index contributed by atoms with van der Waals surface area (Å²) < 4.78 is 0. The van der Waals surface area contributed by atoms with E-state index in [2.05, 4.69) is 24.1 Å². The van der Waals surface area contributed by atoms with E-state index in [0.29, 0.717) is 0 Å². The highest BCUT2D eigenvalue weighted by molar-refractivity contribution is 5.50. The smallest absolute Gasteiger partial charge is 0.128 e. The molecule has 1 rings (SSSR count). The summed E-state index contributed by atoms with van der Waals surface area (Å²) in [6, 6.07) is 1.95. The van der Waals surface area contributed by atoms with Crippen molar-refractivity contribution in [2.45, 2.75) is 40.0 Å². The van der Waals surface area contributed by atoms with E-state index < -0.39 is 0 Å². The van der Waals surface area contributed by atoms with Crippen LogP contribution in [0.25, 0.3) is 0 Å². The Morgan fingerprint density at radius 2 is 2.12 bits per heavy atom. The third-order valence-corrected chi connectivity index (χ3v) is 2.60. The van der Waals surface area contributed by atoms with Crippen LogP contribution in [0.5, 0.6) is 0 Å². The quantitative estimate of drug-likeness (QED) is 0.725. The number of nitrogens with two attached hydrogens (primary N) is 1. The van der Waals surface area contributed by atoms with Crippen LogP contribution in [-0.4, -0.2) is 11.5 Å². The third kappa shape index (κ3) is 4.51. The summed E-state index contributed by atoms with van der Waals surface area (Å²) in [5, 5.41) is 3.35. The fourth-order valence-corrected chi connectivity index (χ4v) is 1.67. The summed E-state index contributed by atoms with van der Waals surface area (Å²) in [6.07, 6.45) is 5.47. The fourth-order valence-electron chi connectivity index (χ4n) is 1.67. The molecule has 0 saturated heterocycles. The van der Waals surface area contributed by atoms with Gasteiger partial charge in [-0.3, -0.25) is 0 Å². The molecule has 1 aromatic heterocycles. The van der Waals surface area contributed by atoms with Crippen LogP contribution in [0.15, 0.2) is 12.3 Å². The molecule has 1 heterocycles. The first kappa shape index (κ1) is 12.8. The molecule has 0 aromatic carbocycles. The Morgan fingerprint density at radius 3 is 2.75 bits per heavy atom. The molecule has 16 heavy (non-hydrogen) atoms. The van der Waals surface area contributed by atoms with Crippen LogP contribution >= 0.6 is 0 Å². The van der Waals surface area contributed by atoms with Gasteiger partial charge in [0.15, 0.2) is 0 Å². The van der Waals surface area contributed by atoms with Crippen LogP contribution in [0, 0.1) is 12.8 Å². The molecule has 1 aromatic rings. The van der Waals surface area contributed by atoms with Gasteiger partial charge in [0.2, 0.25) is 0 Å². The van der Waals surface area contributed by atoms with Gasteiger partial charge in [0.25, 0.3) is 0 Å². The zero-order valence-electron chi connectivity index (χ0n) is 10.6. The topological polar surface area (TPSA) is 50.9 Å². The second-order valence-corrected chi connectivity index (χ2v) is 4.75. The van der Waals surface area contributed by atoms with Crippen molar-refractivity contribution in [3.8, 4) is 0 Å². The van der Waals surface area contributed by atoms with Gasteiger partial charge in [-0.15, -0.1) is 0 Å². The van der Waals surface area contributed by atoms with Crippen molar-refractivity contribution in [1.29, 1.82) is 0 Å². The molecule has 3 heteroatoms. The van der Waals surface area contributed by atoms with Gasteiger partial charge < -0.3 is 11.1 Å². The highest BCUT2D eigenvalue weighted by atomic mass is 15.0. The maximum Gasteiger partial charge on any atom is 0.128 e. The zero-order chi connectivity index (χ0) is 12.0. The van der Waals surface area contributed by atoms with Gasteiger partial charge in [0.1, 0.15) is 5.82 Å². The van der Waals surface area contributed by atoms with Crippen LogP contribution in [0.2, 0.25) is 0 Å². The normalized spacial score (nSPS) is 10.8. The highest BCUT2D eigenvalue weighted by Gasteiger charge is 1.99. The number of nitrogens with one attached hydrogen (secondary N) is 1. The second-order valence-electron chi connectivity index (χ2n) is 4.75. The Kier molecular flexibility index (Phi) is 5.09. The molecule has 0 atom stereocenters. The number of hydrogen-bond donors (Lipinski definition) is 2. The summed E-state index contributed by atoms with van der Waals surface area (Å²) in [7, 11) is 0. The molecule has 0 saturated carbocycles. The number of nitrogen functional groups attached to an aromatic ring is 1. The largest absolute Gasteiger partial charge is 0.397 e. The summed E-state index contributed by atoms with van der Waals surface area (Å²) in [4.78, 5) is 4.27. The van der Waals surface area contributed by atoms with E-state index in [1.54, 1.807) is 6.20 Å². The summed E-state index contributed by atoms with van der Waals surface area (Å²) in [5.74, 6) is 1.76. The van der Waals surface area contributed by atoms with Crippen LogP contribution in [0.1, 0.15) is 38.7 Å². The molecular weight excluding hydrogens is 198 g/mol. The summed E-state index contributed by atoms with van der Waals surface area (Å²) in [5.41, 5.74) is 7.49. The van der Waals surface area contributed by atoms with Crippen LogP contribution < -0.4 is 11.1 Å². The molecule has 0 fully saturated rings. The lowest BCUT2D eigenvalue weighted by atomic mass is 10.1. The first-order valence-corrected chi connectivity index (χ1v) is 6.05. The Morgan fingerprint density at radius 1 is 1.38 bits per heavy atom. The van der Waals surface area contributed by atoms with Gasteiger partial charge in [0, 0.05) is 6.54 Å². The van der Waals surface area contributed by atoms with E-state index >= 15 is 0 Å². The summed E-state index contributed by atoms with van der Waals surface area (Å²) >= 11 is 0. The molecule has 0 bridgehead atoms. The maximum absolute atomic E-state index is 5.65. The Labute approximate surface area is 98.5 Å². The lowest BCUT2D eigenvalue weighted by molar-refractivity contribution is 0.544. The van der Waals surface area contributed by atoms with Crippen molar-refractivity contribution >= 4 is 11.5 Å². The zero-order valence-corrected chi connectivity index (χ0v) is 10.6. The molecule has 0 radical (unpaired) electrons. The van der Waals surface area contributed by atoms with E-state index in [4.69, 9.17) is 5.73 Å². The van der Waals surface area contributed by atoms with E-state index in [-0.39, 0.29) is 0 Å². The first-order chi connectivity index (χ1) is 7.59. The summed E-state index contributed by atoms with van der Waals surface area (Å²) in [6.45, 7) is 7.54. The highest BCUT2D eigenvalue weighted by Crippen LogP contribution is 2.14. The predicted octanol–water partition coefficient (Wildman–Crippen LogP) is 3.21. The molecule has 3 N–H and O–H groups in total. The van der Waals surface area contributed by atoms with Crippen molar-refractivity contribution in [3.63, 3.8) is 0 Å².